The van der Waals surface area contributed by atoms with E-state index in [0.29, 0.717) is 29.3 Å². The summed E-state index contributed by atoms with van der Waals surface area (Å²) in [7, 11) is 0. The van der Waals surface area contributed by atoms with E-state index >= 15 is 0 Å². The molecule has 0 N–H and O–H groups in total. The molecular formula is C29H49NO2. The Balaban J connectivity index is 1.37. The van der Waals surface area contributed by atoms with Crippen LogP contribution in [0.3, 0.4) is 0 Å². The van der Waals surface area contributed by atoms with Crippen LogP contribution in [-0.2, 0) is 9.47 Å². The van der Waals surface area contributed by atoms with E-state index in [1.54, 1.807) is 0 Å². The van der Waals surface area contributed by atoms with Gasteiger partial charge in [0.05, 0.1) is 18.8 Å². The summed E-state index contributed by atoms with van der Waals surface area (Å²) in [5.41, 5.74) is 0.931. The van der Waals surface area contributed by atoms with Gasteiger partial charge in [-0.15, -0.1) is 0 Å². The van der Waals surface area contributed by atoms with Crippen LogP contribution in [0.15, 0.2) is 4.99 Å². The van der Waals surface area contributed by atoms with Crippen LogP contribution >= 0.6 is 0 Å². The number of rotatable bonds is 2. The number of nitrogens with zero attached hydrogens (tertiary/aromatic N) is 1. The van der Waals surface area contributed by atoms with Crippen molar-refractivity contribution in [1.82, 2.24) is 0 Å². The number of hydrogen-bond acceptors (Lipinski definition) is 3. The van der Waals surface area contributed by atoms with Crippen molar-refractivity contribution in [2.45, 2.75) is 117 Å². The molecule has 0 aromatic heterocycles. The van der Waals surface area contributed by atoms with Gasteiger partial charge in [-0.1, -0.05) is 41.0 Å². The molecule has 12 atom stereocenters. The summed E-state index contributed by atoms with van der Waals surface area (Å²) in [4.78, 5) is 4.24. The number of hydrogen-bond donors (Lipinski definition) is 0. The zero-order chi connectivity index (χ0) is 22.9. The van der Waals surface area contributed by atoms with Gasteiger partial charge in [0.15, 0.2) is 5.79 Å². The van der Waals surface area contributed by atoms with Gasteiger partial charge in [0.2, 0.25) is 0 Å². The molecule has 0 amide bonds. The van der Waals surface area contributed by atoms with Crippen LogP contribution in [0.25, 0.3) is 0 Å². The second-order valence-electron chi connectivity index (χ2n) is 13.4. The van der Waals surface area contributed by atoms with Crippen molar-refractivity contribution in [2.75, 3.05) is 6.61 Å². The van der Waals surface area contributed by atoms with E-state index in [2.05, 4.69) is 53.3 Å². The lowest BCUT2D eigenvalue weighted by molar-refractivity contribution is -0.261. The fraction of sp³-hybridized carbons (Fsp3) is 0.966. The van der Waals surface area contributed by atoms with Gasteiger partial charge in [0, 0.05) is 12.3 Å². The highest BCUT2D eigenvalue weighted by Crippen LogP contribution is 2.67. The molecule has 3 heteroatoms. The van der Waals surface area contributed by atoms with Crippen molar-refractivity contribution in [3.8, 4) is 0 Å². The summed E-state index contributed by atoms with van der Waals surface area (Å²) < 4.78 is 13.2. The van der Waals surface area contributed by atoms with Crippen molar-refractivity contribution >= 4 is 6.72 Å². The first-order valence-electron chi connectivity index (χ1n) is 13.9. The van der Waals surface area contributed by atoms with Crippen molar-refractivity contribution in [3.05, 3.63) is 0 Å². The van der Waals surface area contributed by atoms with Crippen molar-refractivity contribution < 1.29 is 9.47 Å². The molecule has 11 unspecified atom stereocenters. The van der Waals surface area contributed by atoms with Gasteiger partial charge < -0.3 is 9.47 Å². The third-order valence-electron chi connectivity index (χ3n) is 12.2. The molecule has 0 aromatic rings. The van der Waals surface area contributed by atoms with E-state index < -0.39 is 5.79 Å². The SMILES string of the molecule is C=NC1CCC2(OC1)OC(C)C(C1(C)CCC3C(CCC4CC(C)CCC43C)C1C)[C@@H]2C. The molecule has 2 heterocycles. The normalized spacial score (nSPS) is 58.2. The van der Waals surface area contributed by atoms with E-state index in [-0.39, 0.29) is 12.1 Å². The van der Waals surface area contributed by atoms with Crippen LogP contribution in [0.5, 0.6) is 0 Å². The number of aliphatic imine (C=N–C) groups is 1. The molecule has 1 spiro atoms. The molecule has 2 aliphatic heterocycles. The third-order valence-corrected chi connectivity index (χ3v) is 12.2. The first kappa shape index (κ1) is 23.3. The minimum atomic E-state index is -0.395. The van der Waals surface area contributed by atoms with Gasteiger partial charge >= 0.3 is 0 Å². The van der Waals surface area contributed by atoms with Crippen molar-refractivity contribution in [3.63, 3.8) is 0 Å². The van der Waals surface area contributed by atoms with Gasteiger partial charge in [-0.05, 0) is 105 Å². The Morgan fingerprint density at radius 1 is 0.844 bits per heavy atom. The highest BCUT2D eigenvalue weighted by atomic mass is 16.7. The van der Waals surface area contributed by atoms with Gasteiger partial charge in [-0.3, -0.25) is 4.99 Å². The monoisotopic (exact) mass is 443 g/mol. The zero-order valence-electron chi connectivity index (χ0n) is 21.7. The molecule has 5 aliphatic rings. The summed E-state index contributed by atoms with van der Waals surface area (Å²) in [6.07, 6.45) is 12.4. The first-order valence-corrected chi connectivity index (χ1v) is 13.9. The Bertz CT molecular complexity index is 714. The van der Waals surface area contributed by atoms with Gasteiger partial charge in [0.1, 0.15) is 0 Å². The van der Waals surface area contributed by atoms with Crippen LogP contribution < -0.4 is 0 Å². The lowest BCUT2D eigenvalue weighted by Gasteiger charge is -2.62. The Labute approximate surface area is 197 Å². The molecule has 3 nitrogen and oxygen atoms in total. The van der Waals surface area contributed by atoms with E-state index in [0.717, 1.165) is 42.4 Å². The summed E-state index contributed by atoms with van der Waals surface area (Å²) in [6, 6.07) is 0.241. The Kier molecular flexibility index (Phi) is 5.89. The topological polar surface area (TPSA) is 30.8 Å². The molecule has 0 bridgehead atoms. The second-order valence-corrected chi connectivity index (χ2v) is 13.4. The standard InChI is InChI=1S/C29H49NO2/c1-18-10-13-28(6)22(16-18)8-9-24-19(2)27(5,14-12-25(24)28)26-20(3)29(32-21(26)4)15-11-23(30-7)17-31-29/h18-26H,7-17H2,1-6H3/t18?,19?,20-,21?,22?,23?,24?,25?,26?,27?,28?,29?/m0/s1. The quantitative estimate of drug-likeness (QED) is 0.425. The fourth-order valence-corrected chi connectivity index (χ4v) is 10.1. The Hall–Kier alpha value is -0.410. The van der Waals surface area contributed by atoms with Gasteiger partial charge in [-0.25, -0.2) is 0 Å². The predicted octanol–water partition coefficient (Wildman–Crippen LogP) is 7.14. The van der Waals surface area contributed by atoms with Crippen LogP contribution in [-0.4, -0.2) is 31.3 Å². The molecule has 0 radical (unpaired) electrons. The smallest absolute Gasteiger partial charge is 0.171 e. The van der Waals surface area contributed by atoms with Crippen molar-refractivity contribution in [2.24, 2.45) is 57.2 Å². The van der Waals surface area contributed by atoms with Crippen LogP contribution in [0.4, 0.5) is 0 Å². The van der Waals surface area contributed by atoms with E-state index in [4.69, 9.17) is 9.47 Å². The molecule has 5 rings (SSSR count). The van der Waals surface area contributed by atoms with Crippen LogP contribution in [0, 0.1) is 52.3 Å². The van der Waals surface area contributed by atoms with E-state index in [9.17, 15) is 0 Å². The minimum absolute atomic E-state index is 0.241. The highest BCUT2D eigenvalue weighted by Gasteiger charge is 2.63. The molecule has 2 saturated heterocycles. The molecule has 0 aromatic carbocycles. The lowest BCUT2D eigenvalue weighted by Crippen LogP contribution is -2.56. The average Bonchev–Trinajstić information content (AvgIpc) is 3.01. The molecule has 182 valence electrons. The molecule has 3 aliphatic carbocycles. The Morgan fingerprint density at radius 2 is 1.59 bits per heavy atom. The largest absolute Gasteiger partial charge is 0.347 e. The predicted molar refractivity (Wildman–Crippen MR) is 132 cm³/mol. The summed E-state index contributed by atoms with van der Waals surface area (Å²) in [5, 5.41) is 0. The maximum atomic E-state index is 6.74. The average molecular weight is 444 g/mol. The van der Waals surface area contributed by atoms with Crippen molar-refractivity contribution in [1.29, 1.82) is 0 Å². The van der Waals surface area contributed by atoms with Crippen LogP contribution in [0.2, 0.25) is 0 Å². The fourth-order valence-electron chi connectivity index (χ4n) is 10.1. The minimum Gasteiger partial charge on any atom is -0.347 e. The van der Waals surface area contributed by atoms with Gasteiger partial charge in [-0.2, -0.15) is 0 Å². The summed E-state index contributed by atoms with van der Waals surface area (Å²) >= 11 is 0. The lowest BCUT2D eigenvalue weighted by atomic mass is 9.42. The number of ether oxygens (including phenoxy) is 2. The third kappa shape index (κ3) is 3.30. The molecule has 5 fully saturated rings. The molecular weight excluding hydrogens is 394 g/mol. The Morgan fingerprint density at radius 3 is 2.28 bits per heavy atom. The summed E-state index contributed by atoms with van der Waals surface area (Å²) in [6.45, 7) is 19.6. The first-order chi connectivity index (χ1) is 15.1. The maximum Gasteiger partial charge on any atom is 0.171 e. The van der Waals surface area contributed by atoms with E-state index in [1.807, 2.05) is 0 Å². The van der Waals surface area contributed by atoms with Gasteiger partial charge in [0.25, 0.3) is 0 Å². The zero-order valence-corrected chi connectivity index (χ0v) is 21.7. The van der Waals surface area contributed by atoms with Crippen LogP contribution in [0.1, 0.15) is 99.3 Å². The molecule has 32 heavy (non-hydrogen) atoms. The summed E-state index contributed by atoms with van der Waals surface area (Å²) in [5.74, 6) is 5.12. The molecule has 3 saturated carbocycles. The maximum absolute atomic E-state index is 6.74. The number of fused-ring (bicyclic) bond motifs is 3. The highest BCUT2D eigenvalue weighted by molar-refractivity contribution is 5.24. The van der Waals surface area contributed by atoms with E-state index in [1.165, 1.54) is 44.9 Å². The second kappa shape index (κ2) is 8.08.